The number of ether oxygens (including phenoxy) is 1. The molecule has 98 valence electrons. The number of aromatic amines is 1. The van der Waals surface area contributed by atoms with E-state index in [1.165, 1.54) is 12.3 Å². The van der Waals surface area contributed by atoms with Gasteiger partial charge in [-0.3, -0.25) is 19.1 Å². The molecule has 0 spiro atoms. The van der Waals surface area contributed by atoms with Crippen molar-refractivity contribution in [2.24, 2.45) is 5.92 Å². The molecule has 18 heavy (non-hydrogen) atoms. The molecule has 1 saturated heterocycles. The number of carbonyl (C=O) groups is 1. The van der Waals surface area contributed by atoms with E-state index in [1.807, 2.05) is 0 Å². The van der Waals surface area contributed by atoms with Crippen LogP contribution in [0.4, 0.5) is 0 Å². The Morgan fingerprint density at radius 3 is 3.06 bits per heavy atom. The van der Waals surface area contributed by atoms with Crippen molar-refractivity contribution in [3.8, 4) is 0 Å². The van der Waals surface area contributed by atoms with Gasteiger partial charge in [-0.1, -0.05) is 0 Å². The third-order valence-electron chi connectivity index (χ3n) is 2.82. The smallest absolute Gasteiger partial charge is 0.328 e. The van der Waals surface area contributed by atoms with E-state index >= 15 is 0 Å². The topological polar surface area (TPSA) is 93.2 Å². The highest BCUT2D eigenvalue weighted by molar-refractivity contribution is 5.75. The first-order valence-electron chi connectivity index (χ1n) is 5.79. The van der Waals surface area contributed by atoms with Crippen LogP contribution in [0.15, 0.2) is 21.9 Å². The van der Waals surface area contributed by atoms with Gasteiger partial charge in [-0.15, -0.1) is 0 Å². The number of aromatic nitrogens is 2. The van der Waals surface area contributed by atoms with Crippen LogP contribution in [-0.2, 0) is 16.1 Å². The van der Waals surface area contributed by atoms with E-state index in [9.17, 15) is 14.4 Å². The summed E-state index contributed by atoms with van der Waals surface area (Å²) in [5, 5.41) is 2.74. The zero-order valence-corrected chi connectivity index (χ0v) is 9.85. The molecular weight excluding hydrogens is 238 g/mol. The van der Waals surface area contributed by atoms with Gasteiger partial charge >= 0.3 is 5.69 Å². The van der Waals surface area contributed by atoms with Crippen molar-refractivity contribution < 1.29 is 9.53 Å². The quantitative estimate of drug-likeness (QED) is 0.696. The second-order valence-electron chi connectivity index (χ2n) is 4.27. The predicted octanol–water partition coefficient (Wildman–Crippen LogP) is -1.31. The number of rotatable bonds is 4. The summed E-state index contributed by atoms with van der Waals surface area (Å²) in [4.78, 5) is 35.9. The Bertz CT molecular complexity index is 528. The molecule has 2 rings (SSSR count). The Hall–Kier alpha value is -1.89. The molecule has 0 aromatic carbocycles. The normalized spacial score (nSPS) is 18.8. The Kier molecular flexibility index (Phi) is 3.93. The predicted molar refractivity (Wildman–Crippen MR) is 63.3 cm³/mol. The van der Waals surface area contributed by atoms with Gasteiger partial charge in [0.05, 0.1) is 6.61 Å². The van der Waals surface area contributed by atoms with Gasteiger partial charge in [-0.05, 0) is 6.42 Å². The van der Waals surface area contributed by atoms with Crippen molar-refractivity contribution in [3.63, 3.8) is 0 Å². The summed E-state index contributed by atoms with van der Waals surface area (Å²) in [7, 11) is 0. The summed E-state index contributed by atoms with van der Waals surface area (Å²) in [5.41, 5.74) is -1.05. The Morgan fingerprint density at radius 1 is 1.56 bits per heavy atom. The third kappa shape index (κ3) is 3.30. The van der Waals surface area contributed by atoms with Crippen LogP contribution in [0.25, 0.3) is 0 Å². The van der Waals surface area contributed by atoms with Gasteiger partial charge in [0.2, 0.25) is 5.91 Å². The zero-order valence-electron chi connectivity index (χ0n) is 9.85. The molecule has 1 fully saturated rings. The number of carbonyl (C=O) groups excluding carboxylic acids is 1. The van der Waals surface area contributed by atoms with Crippen molar-refractivity contribution in [1.82, 2.24) is 14.9 Å². The van der Waals surface area contributed by atoms with Crippen molar-refractivity contribution in [3.05, 3.63) is 33.1 Å². The number of hydrogen-bond donors (Lipinski definition) is 2. The first-order valence-corrected chi connectivity index (χ1v) is 5.79. The molecule has 1 atom stereocenters. The fourth-order valence-electron chi connectivity index (χ4n) is 1.78. The number of amides is 1. The van der Waals surface area contributed by atoms with E-state index in [0.717, 1.165) is 17.6 Å². The van der Waals surface area contributed by atoms with Crippen LogP contribution in [0.5, 0.6) is 0 Å². The minimum atomic E-state index is -0.582. The van der Waals surface area contributed by atoms with Crippen molar-refractivity contribution in [2.45, 2.75) is 13.0 Å². The highest BCUT2D eigenvalue weighted by atomic mass is 16.5. The highest BCUT2D eigenvalue weighted by Crippen LogP contribution is 2.10. The van der Waals surface area contributed by atoms with Gasteiger partial charge in [0.15, 0.2) is 0 Å². The Morgan fingerprint density at radius 2 is 2.39 bits per heavy atom. The molecule has 1 aliphatic rings. The Balaban J connectivity index is 1.86. The molecule has 7 heteroatoms. The van der Waals surface area contributed by atoms with Crippen LogP contribution in [0.3, 0.4) is 0 Å². The summed E-state index contributed by atoms with van der Waals surface area (Å²) >= 11 is 0. The lowest BCUT2D eigenvalue weighted by Crippen LogP contribution is -2.37. The molecule has 1 aromatic rings. The number of nitrogens with zero attached hydrogens (tertiary/aromatic N) is 1. The lowest BCUT2D eigenvalue weighted by atomic mass is 10.1. The molecule has 0 bridgehead atoms. The monoisotopic (exact) mass is 253 g/mol. The maximum absolute atomic E-state index is 11.6. The summed E-state index contributed by atoms with van der Waals surface area (Å²) in [5.74, 6) is 0.0947. The van der Waals surface area contributed by atoms with E-state index in [4.69, 9.17) is 4.74 Å². The lowest BCUT2D eigenvalue weighted by Gasteiger charge is -2.10. The van der Waals surface area contributed by atoms with E-state index in [-0.39, 0.29) is 12.5 Å². The van der Waals surface area contributed by atoms with Crippen molar-refractivity contribution in [2.75, 3.05) is 19.8 Å². The molecule has 2 N–H and O–H groups in total. The molecule has 1 unspecified atom stereocenters. The Labute approximate surface area is 103 Å². The first-order chi connectivity index (χ1) is 8.65. The molecule has 0 saturated carbocycles. The molecular formula is C11H15N3O4. The maximum Gasteiger partial charge on any atom is 0.328 e. The van der Waals surface area contributed by atoms with Crippen LogP contribution < -0.4 is 16.6 Å². The minimum absolute atomic E-state index is 0.0941. The summed E-state index contributed by atoms with van der Waals surface area (Å²) in [6, 6.07) is 1.21. The minimum Gasteiger partial charge on any atom is -0.381 e. The van der Waals surface area contributed by atoms with E-state index < -0.39 is 11.2 Å². The number of H-pyrrole nitrogens is 1. The molecule has 7 nitrogen and oxygen atoms in total. The summed E-state index contributed by atoms with van der Waals surface area (Å²) in [6.45, 7) is 1.86. The number of nitrogens with one attached hydrogen (secondary N) is 2. The largest absolute Gasteiger partial charge is 0.381 e. The fraction of sp³-hybridized carbons (Fsp3) is 0.545. The standard InChI is InChI=1S/C11H15N3O4/c15-9-1-3-14(11(17)13-9)6-10(16)12-5-8-2-4-18-7-8/h1,3,8H,2,4-7H2,(H,12,16)(H,13,15,17). The lowest BCUT2D eigenvalue weighted by molar-refractivity contribution is -0.121. The maximum atomic E-state index is 11.6. The summed E-state index contributed by atoms with van der Waals surface area (Å²) in [6.07, 6.45) is 2.25. The second-order valence-corrected chi connectivity index (χ2v) is 4.27. The molecule has 1 aromatic heterocycles. The average Bonchev–Trinajstić information content (AvgIpc) is 2.83. The van der Waals surface area contributed by atoms with E-state index in [2.05, 4.69) is 10.3 Å². The van der Waals surface area contributed by atoms with Crippen LogP contribution >= 0.6 is 0 Å². The van der Waals surface area contributed by atoms with Gasteiger partial charge in [-0.25, -0.2) is 4.79 Å². The molecule has 0 aliphatic carbocycles. The van der Waals surface area contributed by atoms with Gasteiger partial charge in [0.25, 0.3) is 5.56 Å². The molecule has 2 heterocycles. The van der Waals surface area contributed by atoms with Crippen molar-refractivity contribution >= 4 is 5.91 Å². The third-order valence-corrected chi connectivity index (χ3v) is 2.82. The van der Waals surface area contributed by atoms with Crippen molar-refractivity contribution in [1.29, 1.82) is 0 Å². The zero-order chi connectivity index (χ0) is 13.0. The van der Waals surface area contributed by atoms with Gasteiger partial charge in [-0.2, -0.15) is 0 Å². The average molecular weight is 253 g/mol. The molecule has 0 radical (unpaired) electrons. The number of hydrogen-bond acceptors (Lipinski definition) is 4. The fourth-order valence-corrected chi connectivity index (χ4v) is 1.78. The second kappa shape index (κ2) is 5.63. The SMILES string of the molecule is O=C(Cn1ccc(=O)[nH]c1=O)NCC1CCOC1. The van der Waals surface area contributed by atoms with Gasteiger partial charge in [0, 0.05) is 31.3 Å². The molecule has 1 amide bonds. The first kappa shape index (κ1) is 12.6. The van der Waals surface area contributed by atoms with E-state index in [1.54, 1.807) is 0 Å². The van der Waals surface area contributed by atoms with Crippen LogP contribution in [-0.4, -0.2) is 35.2 Å². The van der Waals surface area contributed by atoms with Gasteiger partial charge in [0.1, 0.15) is 6.54 Å². The van der Waals surface area contributed by atoms with Crippen LogP contribution in [0.2, 0.25) is 0 Å². The van der Waals surface area contributed by atoms with E-state index in [0.29, 0.717) is 19.1 Å². The van der Waals surface area contributed by atoms with Crippen LogP contribution in [0.1, 0.15) is 6.42 Å². The summed E-state index contributed by atoms with van der Waals surface area (Å²) < 4.78 is 6.35. The van der Waals surface area contributed by atoms with Gasteiger partial charge < -0.3 is 10.1 Å². The van der Waals surface area contributed by atoms with Crippen LogP contribution in [0, 0.1) is 5.92 Å². The highest BCUT2D eigenvalue weighted by Gasteiger charge is 2.16. The molecule has 1 aliphatic heterocycles.